The normalized spacial score (nSPS) is 16.2. The highest BCUT2D eigenvalue weighted by Gasteiger charge is 2.28. The number of guanidine groups is 1. The number of hydrogen-bond acceptors (Lipinski definition) is 3. The van der Waals surface area contributed by atoms with Crippen molar-refractivity contribution in [3.8, 4) is 0 Å². The first-order chi connectivity index (χ1) is 10.7. The van der Waals surface area contributed by atoms with Crippen LogP contribution >= 0.6 is 11.3 Å². The van der Waals surface area contributed by atoms with Crippen LogP contribution in [0.5, 0.6) is 0 Å². The first-order valence-corrected chi connectivity index (χ1v) is 8.97. The lowest BCUT2D eigenvalue weighted by Crippen LogP contribution is -2.42. The zero-order chi connectivity index (χ0) is 15.8. The molecule has 1 heterocycles. The lowest BCUT2D eigenvalue weighted by molar-refractivity contribution is -0.122. The number of nitrogens with one attached hydrogen (secondary N) is 3. The molecule has 1 aliphatic rings. The molecular formula is C16H26N4OS. The maximum Gasteiger partial charge on any atom is 0.223 e. The number of thiophene rings is 1. The monoisotopic (exact) mass is 322 g/mol. The highest BCUT2D eigenvalue weighted by atomic mass is 32.1. The molecule has 1 atom stereocenters. The van der Waals surface area contributed by atoms with E-state index in [1.54, 1.807) is 11.3 Å². The fourth-order valence-corrected chi connectivity index (χ4v) is 2.87. The highest BCUT2D eigenvalue weighted by Crippen LogP contribution is 2.28. The number of carbonyl (C=O) groups excluding carboxylic acids is 1. The van der Waals surface area contributed by atoms with Crippen molar-refractivity contribution in [2.75, 3.05) is 26.2 Å². The second-order valence-electron chi connectivity index (χ2n) is 5.67. The third kappa shape index (κ3) is 5.67. The maximum atomic E-state index is 11.5. The summed E-state index contributed by atoms with van der Waals surface area (Å²) in [7, 11) is 0. The van der Waals surface area contributed by atoms with Gasteiger partial charge in [0.05, 0.1) is 0 Å². The molecule has 0 aliphatic heterocycles. The van der Waals surface area contributed by atoms with Crippen LogP contribution in [0.3, 0.4) is 0 Å². The third-order valence-corrected chi connectivity index (χ3v) is 4.35. The second-order valence-corrected chi connectivity index (χ2v) is 6.45. The lowest BCUT2D eigenvalue weighted by atomic mass is 10.1. The van der Waals surface area contributed by atoms with E-state index in [9.17, 15) is 4.79 Å². The third-order valence-electron chi connectivity index (χ3n) is 3.64. The van der Waals surface area contributed by atoms with Gasteiger partial charge in [-0.2, -0.15) is 11.3 Å². The van der Waals surface area contributed by atoms with Gasteiger partial charge in [-0.3, -0.25) is 9.79 Å². The largest absolute Gasteiger partial charge is 0.357 e. The molecule has 0 bridgehead atoms. The van der Waals surface area contributed by atoms with E-state index in [-0.39, 0.29) is 11.8 Å². The fourth-order valence-electron chi connectivity index (χ4n) is 2.09. The molecule has 5 nitrogen and oxygen atoms in total. The van der Waals surface area contributed by atoms with Crippen LogP contribution in [0.15, 0.2) is 21.8 Å². The molecule has 3 N–H and O–H groups in total. The van der Waals surface area contributed by atoms with E-state index >= 15 is 0 Å². The van der Waals surface area contributed by atoms with Crippen LogP contribution in [0.4, 0.5) is 0 Å². The molecule has 1 fully saturated rings. The summed E-state index contributed by atoms with van der Waals surface area (Å²) < 4.78 is 0. The summed E-state index contributed by atoms with van der Waals surface area (Å²) in [4.78, 5) is 16.2. The molecule has 1 unspecified atom stereocenters. The van der Waals surface area contributed by atoms with Crippen LogP contribution in [0.1, 0.15) is 38.2 Å². The van der Waals surface area contributed by atoms with Crippen LogP contribution < -0.4 is 16.0 Å². The van der Waals surface area contributed by atoms with Gasteiger partial charge in [0.15, 0.2) is 5.96 Å². The summed E-state index contributed by atoms with van der Waals surface area (Å²) in [5, 5.41) is 13.7. The zero-order valence-corrected chi connectivity index (χ0v) is 14.2. The summed E-state index contributed by atoms with van der Waals surface area (Å²) >= 11 is 1.72. The van der Waals surface area contributed by atoms with E-state index in [0.717, 1.165) is 31.9 Å². The van der Waals surface area contributed by atoms with E-state index in [1.807, 2.05) is 6.92 Å². The van der Waals surface area contributed by atoms with Gasteiger partial charge < -0.3 is 16.0 Å². The average Bonchev–Trinajstić information content (AvgIpc) is 3.23. The van der Waals surface area contributed by atoms with E-state index in [4.69, 9.17) is 0 Å². The van der Waals surface area contributed by atoms with E-state index < -0.39 is 0 Å². The Balaban J connectivity index is 1.70. The Hall–Kier alpha value is -1.56. The van der Waals surface area contributed by atoms with Crippen molar-refractivity contribution in [2.45, 2.75) is 32.6 Å². The first-order valence-electron chi connectivity index (χ1n) is 8.02. The predicted octanol–water partition coefficient (Wildman–Crippen LogP) is 1.93. The van der Waals surface area contributed by atoms with Crippen molar-refractivity contribution in [2.24, 2.45) is 10.9 Å². The van der Waals surface area contributed by atoms with Gasteiger partial charge in [-0.25, -0.2) is 0 Å². The molecule has 1 aromatic heterocycles. The summed E-state index contributed by atoms with van der Waals surface area (Å²) in [5.41, 5.74) is 1.33. The first kappa shape index (κ1) is 16.8. The Morgan fingerprint density at radius 2 is 2.14 bits per heavy atom. The summed E-state index contributed by atoms with van der Waals surface area (Å²) in [6.45, 7) is 7.14. The Morgan fingerprint density at radius 3 is 2.77 bits per heavy atom. The quantitative estimate of drug-likeness (QED) is 0.389. The SMILES string of the molecule is CCNC(=NCC(C)c1ccsc1)NCCNC(=O)C1CC1. The van der Waals surface area contributed by atoms with Gasteiger partial charge in [-0.05, 0) is 42.2 Å². The van der Waals surface area contributed by atoms with E-state index in [2.05, 4.69) is 44.7 Å². The number of nitrogens with zero attached hydrogens (tertiary/aromatic N) is 1. The van der Waals surface area contributed by atoms with Crippen LogP contribution in [0.25, 0.3) is 0 Å². The van der Waals surface area contributed by atoms with Crippen molar-refractivity contribution in [3.05, 3.63) is 22.4 Å². The Bertz CT molecular complexity index is 482. The molecule has 1 aliphatic carbocycles. The van der Waals surface area contributed by atoms with Crippen LogP contribution in [0.2, 0.25) is 0 Å². The molecule has 6 heteroatoms. The molecule has 0 aromatic carbocycles. The van der Waals surface area contributed by atoms with Crippen molar-refractivity contribution in [3.63, 3.8) is 0 Å². The van der Waals surface area contributed by atoms with Crippen molar-refractivity contribution in [1.29, 1.82) is 0 Å². The minimum Gasteiger partial charge on any atom is -0.357 e. The molecule has 0 radical (unpaired) electrons. The smallest absolute Gasteiger partial charge is 0.223 e. The number of carbonyl (C=O) groups is 1. The number of amides is 1. The highest BCUT2D eigenvalue weighted by molar-refractivity contribution is 7.07. The average molecular weight is 322 g/mol. The molecule has 0 spiro atoms. The molecule has 0 saturated heterocycles. The maximum absolute atomic E-state index is 11.5. The summed E-state index contributed by atoms with van der Waals surface area (Å²) in [6.07, 6.45) is 2.09. The van der Waals surface area contributed by atoms with Crippen LogP contribution in [-0.2, 0) is 4.79 Å². The Labute approximate surface area is 136 Å². The molecule has 1 amide bonds. The van der Waals surface area contributed by atoms with E-state index in [0.29, 0.717) is 19.0 Å². The van der Waals surface area contributed by atoms with Gasteiger partial charge in [0, 0.05) is 38.0 Å². The molecule has 1 saturated carbocycles. The van der Waals surface area contributed by atoms with Gasteiger partial charge in [0.2, 0.25) is 5.91 Å². The Kier molecular flexibility index (Phi) is 6.71. The lowest BCUT2D eigenvalue weighted by Gasteiger charge is -2.13. The predicted molar refractivity (Wildman–Crippen MR) is 92.4 cm³/mol. The Morgan fingerprint density at radius 1 is 1.36 bits per heavy atom. The minimum atomic E-state index is 0.190. The fraction of sp³-hybridized carbons (Fsp3) is 0.625. The van der Waals surface area contributed by atoms with Crippen molar-refractivity contribution < 1.29 is 4.79 Å². The number of hydrogen-bond donors (Lipinski definition) is 3. The standard InChI is InChI=1S/C16H26N4OS/c1-3-17-16(19-8-7-18-15(21)13-4-5-13)20-10-12(2)14-6-9-22-11-14/h6,9,11-13H,3-5,7-8,10H2,1-2H3,(H,18,21)(H2,17,19,20). The van der Waals surface area contributed by atoms with Crippen LogP contribution in [-0.4, -0.2) is 38.0 Å². The molecular weight excluding hydrogens is 296 g/mol. The molecule has 122 valence electrons. The molecule has 2 rings (SSSR count). The van der Waals surface area contributed by atoms with Gasteiger partial charge in [0.25, 0.3) is 0 Å². The van der Waals surface area contributed by atoms with Crippen LogP contribution in [0, 0.1) is 5.92 Å². The molecule has 22 heavy (non-hydrogen) atoms. The van der Waals surface area contributed by atoms with Gasteiger partial charge >= 0.3 is 0 Å². The van der Waals surface area contributed by atoms with E-state index in [1.165, 1.54) is 5.56 Å². The summed E-state index contributed by atoms with van der Waals surface area (Å²) in [5.74, 6) is 1.68. The van der Waals surface area contributed by atoms with Gasteiger partial charge in [-0.15, -0.1) is 0 Å². The second kappa shape index (κ2) is 8.78. The van der Waals surface area contributed by atoms with Crippen molar-refractivity contribution >= 4 is 23.2 Å². The summed E-state index contributed by atoms with van der Waals surface area (Å²) in [6, 6.07) is 2.15. The number of aliphatic imine (C=N–C) groups is 1. The minimum absolute atomic E-state index is 0.190. The zero-order valence-electron chi connectivity index (χ0n) is 13.4. The van der Waals surface area contributed by atoms with Gasteiger partial charge in [0.1, 0.15) is 0 Å². The topological polar surface area (TPSA) is 65.5 Å². The molecule has 1 aromatic rings. The van der Waals surface area contributed by atoms with Gasteiger partial charge in [-0.1, -0.05) is 6.92 Å². The van der Waals surface area contributed by atoms with Crippen molar-refractivity contribution in [1.82, 2.24) is 16.0 Å². The number of rotatable bonds is 8.